The van der Waals surface area contributed by atoms with E-state index in [1.54, 1.807) is 6.08 Å². The van der Waals surface area contributed by atoms with Gasteiger partial charge in [0.05, 0.1) is 13.5 Å². The van der Waals surface area contributed by atoms with Gasteiger partial charge >= 0.3 is 5.97 Å². The highest BCUT2D eigenvalue weighted by atomic mass is 16.5. The number of carbonyl (C=O) groups excluding carboxylic acids is 2. The van der Waals surface area contributed by atoms with Crippen LogP contribution in [0.1, 0.15) is 19.8 Å². The summed E-state index contributed by atoms with van der Waals surface area (Å²) in [4.78, 5) is 21.1. The van der Waals surface area contributed by atoms with Crippen molar-refractivity contribution in [3.05, 3.63) is 24.3 Å². The lowest BCUT2D eigenvalue weighted by Gasteiger charge is -2.07. The molecule has 0 aromatic carbocycles. The molecule has 78 valence electrons. The van der Waals surface area contributed by atoms with Gasteiger partial charge in [-0.2, -0.15) is 0 Å². The summed E-state index contributed by atoms with van der Waals surface area (Å²) in [5.74, 6) is -0.259. The Balaban J connectivity index is 4.08. The zero-order valence-electron chi connectivity index (χ0n) is 8.66. The third-order valence-electron chi connectivity index (χ3n) is 1.86. The molecule has 1 atom stereocenters. The van der Waals surface area contributed by atoms with Crippen LogP contribution in [0.15, 0.2) is 24.3 Å². The van der Waals surface area contributed by atoms with Crippen LogP contribution in [0.2, 0.25) is 0 Å². The van der Waals surface area contributed by atoms with Crippen LogP contribution in [-0.4, -0.2) is 19.4 Å². The maximum Gasteiger partial charge on any atom is 0.309 e. The monoisotopic (exact) mass is 196 g/mol. The molecule has 0 bridgehead atoms. The topological polar surface area (TPSA) is 43.4 Å². The van der Waals surface area contributed by atoms with Crippen LogP contribution in [0.5, 0.6) is 0 Å². The first-order chi connectivity index (χ1) is 6.61. The summed E-state index contributed by atoms with van der Waals surface area (Å²) in [7, 11) is 1.35. The van der Waals surface area contributed by atoms with E-state index in [9.17, 15) is 9.59 Å². The lowest BCUT2D eigenvalue weighted by Crippen LogP contribution is -2.00. The Morgan fingerprint density at radius 1 is 1.57 bits per heavy atom. The molecular weight excluding hydrogens is 180 g/mol. The molecule has 0 fully saturated rings. The van der Waals surface area contributed by atoms with Crippen LogP contribution in [-0.2, 0) is 14.3 Å². The second-order valence-electron chi connectivity index (χ2n) is 3.06. The number of ether oxygens (including phenoxy) is 1. The van der Waals surface area contributed by atoms with E-state index in [1.807, 2.05) is 13.0 Å². The number of methoxy groups -OCH3 is 1. The molecule has 0 aromatic heterocycles. The van der Waals surface area contributed by atoms with Gasteiger partial charge in [-0.15, -0.1) is 0 Å². The van der Waals surface area contributed by atoms with Crippen molar-refractivity contribution in [3.63, 3.8) is 0 Å². The second kappa shape index (κ2) is 7.06. The first kappa shape index (κ1) is 12.6. The summed E-state index contributed by atoms with van der Waals surface area (Å²) in [6, 6.07) is 0. The summed E-state index contributed by atoms with van der Waals surface area (Å²) in [5.41, 5.74) is 0.915. The molecule has 0 saturated carbocycles. The second-order valence-corrected chi connectivity index (χ2v) is 3.06. The molecule has 0 heterocycles. The highest BCUT2D eigenvalue weighted by Crippen LogP contribution is 2.13. The molecule has 0 N–H and O–H groups in total. The number of esters is 1. The molecule has 0 saturated heterocycles. The highest BCUT2D eigenvalue weighted by molar-refractivity contribution is 5.70. The van der Waals surface area contributed by atoms with Crippen molar-refractivity contribution in [1.82, 2.24) is 0 Å². The summed E-state index contributed by atoms with van der Waals surface area (Å²) in [6.45, 7) is 5.62. The zero-order valence-corrected chi connectivity index (χ0v) is 8.66. The quantitative estimate of drug-likeness (QED) is 0.370. The lowest BCUT2D eigenvalue weighted by molar-refractivity contribution is -0.139. The van der Waals surface area contributed by atoms with Crippen molar-refractivity contribution in [2.75, 3.05) is 7.11 Å². The molecule has 0 radical (unpaired) electrons. The average molecular weight is 196 g/mol. The van der Waals surface area contributed by atoms with E-state index in [0.717, 1.165) is 11.9 Å². The zero-order chi connectivity index (χ0) is 11.0. The van der Waals surface area contributed by atoms with E-state index in [4.69, 9.17) is 0 Å². The van der Waals surface area contributed by atoms with E-state index in [-0.39, 0.29) is 18.3 Å². The van der Waals surface area contributed by atoms with Gasteiger partial charge in [0.1, 0.15) is 6.29 Å². The molecule has 0 spiro atoms. The molecule has 0 rings (SSSR count). The average Bonchev–Trinajstić information content (AvgIpc) is 2.16. The van der Waals surface area contributed by atoms with Gasteiger partial charge < -0.3 is 9.53 Å². The summed E-state index contributed by atoms with van der Waals surface area (Å²) >= 11 is 0. The van der Waals surface area contributed by atoms with Crippen molar-refractivity contribution < 1.29 is 14.3 Å². The maximum atomic E-state index is 10.8. The van der Waals surface area contributed by atoms with Crippen LogP contribution >= 0.6 is 0 Å². The van der Waals surface area contributed by atoms with Gasteiger partial charge in [-0.1, -0.05) is 24.3 Å². The predicted octanol–water partition coefficient (Wildman–Crippen LogP) is 1.89. The van der Waals surface area contributed by atoms with Crippen LogP contribution in [0.3, 0.4) is 0 Å². The number of allylic oxidation sites excluding steroid dienone is 2. The molecule has 0 aliphatic carbocycles. The minimum Gasteiger partial charge on any atom is -0.469 e. The third kappa shape index (κ3) is 5.30. The van der Waals surface area contributed by atoms with Gasteiger partial charge in [-0.05, 0) is 6.92 Å². The fraction of sp³-hybridized carbons (Fsp3) is 0.455. The smallest absolute Gasteiger partial charge is 0.309 e. The number of hydrogen-bond acceptors (Lipinski definition) is 3. The fourth-order valence-corrected chi connectivity index (χ4v) is 0.960. The standard InChI is InChI=1S/C11H16O3/c1-9(2)10(7-8-12)5-4-6-11(13)14-3/h4-5,8,10H,1,6-7H2,2-3H3/b5-4+/t10-/m1/s1. The molecule has 0 aliphatic rings. The maximum absolute atomic E-state index is 10.8. The van der Waals surface area contributed by atoms with E-state index in [1.165, 1.54) is 7.11 Å². The van der Waals surface area contributed by atoms with Gasteiger partial charge in [0.25, 0.3) is 0 Å². The highest BCUT2D eigenvalue weighted by Gasteiger charge is 2.04. The number of rotatable bonds is 6. The molecule has 0 aliphatic heterocycles. The van der Waals surface area contributed by atoms with Crippen LogP contribution < -0.4 is 0 Å². The SMILES string of the molecule is C=C(C)[C@H](/C=C/CC(=O)OC)CC=O. The van der Waals surface area contributed by atoms with E-state index >= 15 is 0 Å². The van der Waals surface area contributed by atoms with Crippen molar-refractivity contribution in [2.45, 2.75) is 19.8 Å². The van der Waals surface area contributed by atoms with Crippen LogP contribution in [0.25, 0.3) is 0 Å². The van der Waals surface area contributed by atoms with Crippen molar-refractivity contribution in [1.29, 1.82) is 0 Å². The van der Waals surface area contributed by atoms with E-state index in [2.05, 4.69) is 11.3 Å². The molecule has 14 heavy (non-hydrogen) atoms. The summed E-state index contributed by atoms with van der Waals surface area (Å²) in [6.07, 6.45) is 5.01. The van der Waals surface area contributed by atoms with Crippen LogP contribution in [0, 0.1) is 5.92 Å². The minimum atomic E-state index is -0.284. The number of aldehydes is 1. The van der Waals surface area contributed by atoms with E-state index in [0.29, 0.717) is 6.42 Å². The minimum absolute atomic E-state index is 0.0251. The number of hydrogen-bond donors (Lipinski definition) is 0. The van der Waals surface area contributed by atoms with Gasteiger partial charge in [0, 0.05) is 12.3 Å². The van der Waals surface area contributed by atoms with Gasteiger partial charge in [0.15, 0.2) is 0 Å². The fourth-order valence-electron chi connectivity index (χ4n) is 0.960. The van der Waals surface area contributed by atoms with Crippen molar-refractivity contribution in [3.8, 4) is 0 Å². The lowest BCUT2D eigenvalue weighted by atomic mass is 9.98. The normalized spacial score (nSPS) is 12.4. The molecule has 0 amide bonds. The Morgan fingerprint density at radius 2 is 2.21 bits per heavy atom. The van der Waals surface area contributed by atoms with Gasteiger partial charge in [0.2, 0.25) is 0 Å². The van der Waals surface area contributed by atoms with Gasteiger partial charge in [-0.3, -0.25) is 4.79 Å². The summed E-state index contributed by atoms with van der Waals surface area (Å²) < 4.78 is 4.47. The first-order valence-corrected chi connectivity index (χ1v) is 4.44. The third-order valence-corrected chi connectivity index (χ3v) is 1.86. The Bertz CT molecular complexity index is 241. The Hall–Kier alpha value is -1.38. The van der Waals surface area contributed by atoms with Crippen molar-refractivity contribution >= 4 is 12.3 Å². The Kier molecular flexibility index (Phi) is 6.37. The molecular formula is C11H16O3. The molecule has 0 aromatic rings. The van der Waals surface area contributed by atoms with E-state index < -0.39 is 0 Å². The van der Waals surface area contributed by atoms with Gasteiger partial charge in [-0.25, -0.2) is 0 Å². The largest absolute Gasteiger partial charge is 0.469 e. The first-order valence-electron chi connectivity index (χ1n) is 4.44. The Morgan fingerprint density at radius 3 is 2.64 bits per heavy atom. The van der Waals surface area contributed by atoms with Crippen molar-refractivity contribution in [2.24, 2.45) is 5.92 Å². The number of carbonyl (C=O) groups is 2. The van der Waals surface area contributed by atoms with Crippen LogP contribution in [0.4, 0.5) is 0 Å². The predicted molar refractivity (Wildman–Crippen MR) is 54.8 cm³/mol. The molecule has 3 nitrogen and oxygen atoms in total. The Labute approximate surface area is 84.4 Å². The summed E-state index contributed by atoms with van der Waals surface area (Å²) in [5, 5.41) is 0. The molecule has 0 unspecified atom stereocenters. The molecule has 3 heteroatoms.